The number of tetrazole rings is 1. The summed E-state index contributed by atoms with van der Waals surface area (Å²) in [4.78, 5) is 11.9. The molecule has 20 heavy (non-hydrogen) atoms. The Balaban J connectivity index is 2.12. The van der Waals surface area contributed by atoms with E-state index < -0.39 is 12.2 Å². The van der Waals surface area contributed by atoms with E-state index in [9.17, 15) is 9.18 Å². The summed E-state index contributed by atoms with van der Waals surface area (Å²) in [6.07, 6.45) is 0. The van der Waals surface area contributed by atoms with Gasteiger partial charge in [0.2, 0.25) is 5.91 Å². The van der Waals surface area contributed by atoms with E-state index >= 15 is 0 Å². The maximum atomic E-state index is 12.7. The van der Waals surface area contributed by atoms with Crippen LogP contribution in [0.3, 0.4) is 0 Å². The summed E-state index contributed by atoms with van der Waals surface area (Å²) in [6.45, 7) is 2.53. The number of carbonyl (C=O) groups is 1. The highest BCUT2D eigenvalue weighted by Crippen LogP contribution is 2.14. The first-order chi connectivity index (χ1) is 9.52. The minimum absolute atomic E-state index is 0.0549. The molecule has 1 aromatic carbocycles. The van der Waals surface area contributed by atoms with E-state index in [2.05, 4.69) is 20.8 Å². The lowest BCUT2D eigenvalue weighted by Crippen LogP contribution is -2.46. The van der Waals surface area contributed by atoms with Gasteiger partial charge in [-0.2, -0.15) is 0 Å². The summed E-state index contributed by atoms with van der Waals surface area (Å²) >= 11 is 0. The Kier molecular flexibility index (Phi) is 4.07. The van der Waals surface area contributed by atoms with E-state index in [1.54, 1.807) is 13.8 Å². The first kappa shape index (κ1) is 14.1. The Labute approximate surface area is 116 Å². The largest absolute Gasteiger partial charge is 0.347 e. The summed E-state index contributed by atoms with van der Waals surface area (Å²) in [5, 5.41) is 13.9. The van der Waals surface area contributed by atoms with Crippen molar-refractivity contribution in [1.29, 1.82) is 0 Å². The Morgan fingerprint density at radius 1 is 1.35 bits per heavy atom. The maximum absolute atomic E-state index is 12.7. The third-order valence-corrected chi connectivity index (χ3v) is 2.67. The summed E-state index contributed by atoms with van der Waals surface area (Å²) < 4.78 is 14.1. The summed E-state index contributed by atoms with van der Waals surface area (Å²) in [6, 6.07) is 9.31. The van der Waals surface area contributed by atoms with Crippen LogP contribution in [0, 0.1) is 0 Å². The number of hydrogen-bond acceptors (Lipinski definition) is 4. The number of benzene rings is 1. The number of alkyl halides is 1. The Morgan fingerprint density at radius 2 is 2.05 bits per heavy atom. The van der Waals surface area contributed by atoms with Crippen molar-refractivity contribution >= 4 is 5.91 Å². The predicted octanol–water partition coefficient (Wildman–Crippen LogP) is 1.20. The van der Waals surface area contributed by atoms with Crippen LogP contribution >= 0.6 is 0 Å². The lowest BCUT2D eigenvalue weighted by Gasteiger charge is -2.22. The van der Waals surface area contributed by atoms with Crippen molar-refractivity contribution in [2.24, 2.45) is 0 Å². The fourth-order valence-corrected chi connectivity index (χ4v) is 1.69. The molecule has 0 aliphatic rings. The average molecular weight is 277 g/mol. The SMILES string of the molecule is CC(C)(CF)NC(=O)Cn1nnnc1-c1ccccc1. The number of amides is 1. The maximum Gasteiger partial charge on any atom is 0.242 e. The third kappa shape index (κ3) is 3.37. The molecule has 6 nitrogen and oxygen atoms in total. The fourth-order valence-electron chi connectivity index (χ4n) is 1.69. The Morgan fingerprint density at radius 3 is 2.70 bits per heavy atom. The molecule has 0 spiro atoms. The molecule has 0 saturated heterocycles. The van der Waals surface area contributed by atoms with Gasteiger partial charge in [-0.25, -0.2) is 9.07 Å². The molecular formula is C13H16FN5O. The molecule has 7 heteroatoms. The number of hydrogen-bond donors (Lipinski definition) is 1. The van der Waals surface area contributed by atoms with Crippen LogP contribution in [0.1, 0.15) is 13.8 Å². The van der Waals surface area contributed by atoms with Crippen molar-refractivity contribution in [2.45, 2.75) is 25.9 Å². The van der Waals surface area contributed by atoms with E-state index in [-0.39, 0.29) is 12.5 Å². The second-order valence-corrected chi connectivity index (χ2v) is 5.09. The van der Waals surface area contributed by atoms with E-state index in [0.29, 0.717) is 5.82 Å². The first-order valence-electron chi connectivity index (χ1n) is 6.20. The second kappa shape index (κ2) is 5.77. The molecule has 1 aromatic heterocycles. The van der Waals surface area contributed by atoms with Gasteiger partial charge in [0.25, 0.3) is 0 Å². The van der Waals surface area contributed by atoms with Crippen molar-refractivity contribution in [3.63, 3.8) is 0 Å². The van der Waals surface area contributed by atoms with E-state index in [0.717, 1.165) is 5.56 Å². The van der Waals surface area contributed by atoms with Crippen LogP contribution < -0.4 is 5.32 Å². The molecule has 1 N–H and O–H groups in total. The van der Waals surface area contributed by atoms with Gasteiger partial charge in [0.05, 0.1) is 5.54 Å². The van der Waals surface area contributed by atoms with Gasteiger partial charge in [0.15, 0.2) is 5.82 Å². The number of nitrogens with zero attached hydrogens (tertiary/aromatic N) is 4. The first-order valence-corrected chi connectivity index (χ1v) is 6.20. The molecule has 106 valence electrons. The minimum atomic E-state index is -0.891. The quantitative estimate of drug-likeness (QED) is 0.891. The molecule has 0 fully saturated rings. The van der Waals surface area contributed by atoms with Crippen molar-refractivity contribution in [3.05, 3.63) is 30.3 Å². The predicted molar refractivity (Wildman–Crippen MR) is 71.4 cm³/mol. The molecule has 0 aliphatic carbocycles. The normalized spacial score (nSPS) is 11.3. The van der Waals surface area contributed by atoms with Gasteiger partial charge in [-0.1, -0.05) is 30.3 Å². The van der Waals surface area contributed by atoms with Gasteiger partial charge in [-0.05, 0) is 24.3 Å². The van der Waals surface area contributed by atoms with Crippen LogP contribution in [-0.2, 0) is 11.3 Å². The van der Waals surface area contributed by atoms with E-state index in [4.69, 9.17) is 0 Å². The van der Waals surface area contributed by atoms with Crippen LogP contribution in [0.2, 0.25) is 0 Å². The van der Waals surface area contributed by atoms with Crippen LogP contribution in [0.4, 0.5) is 4.39 Å². The van der Waals surface area contributed by atoms with Gasteiger partial charge in [0.1, 0.15) is 13.2 Å². The lowest BCUT2D eigenvalue weighted by atomic mass is 10.1. The van der Waals surface area contributed by atoms with Gasteiger partial charge < -0.3 is 5.32 Å². The molecule has 2 aromatic rings. The van der Waals surface area contributed by atoms with Crippen LogP contribution in [-0.4, -0.2) is 38.3 Å². The lowest BCUT2D eigenvalue weighted by molar-refractivity contribution is -0.123. The van der Waals surface area contributed by atoms with E-state index in [1.165, 1.54) is 4.68 Å². The number of halogens is 1. The van der Waals surface area contributed by atoms with Gasteiger partial charge in [0, 0.05) is 5.56 Å². The molecule has 1 heterocycles. The standard InChI is InChI=1S/C13H16FN5O/c1-13(2,9-14)15-11(20)8-19-12(16-17-18-19)10-6-4-3-5-7-10/h3-7H,8-9H2,1-2H3,(H,15,20). The summed E-state index contributed by atoms with van der Waals surface area (Å²) in [5.41, 5.74) is -0.0760. The molecule has 0 atom stereocenters. The minimum Gasteiger partial charge on any atom is -0.347 e. The molecule has 2 rings (SSSR count). The third-order valence-electron chi connectivity index (χ3n) is 2.67. The number of aromatic nitrogens is 4. The monoisotopic (exact) mass is 277 g/mol. The van der Waals surface area contributed by atoms with Gasteiger partial charge in [-0.15, -0.1) is 5.10 Å². The zero-order valence-electron chi connectivity index (χ0n) is 11.4. The molecule has 0 unspecified atom stereocenters. The van der Waals surface area contributed by atoms with Crippen molar-refractivity contribution in [3.8, 4) is 11.4 Å². The zero-order valence-corrected chi connectivity index (χ0v) is 11.4. The highest BCUT2D eigenvalue weighted by Gasteiger charge is 2.21. The molecule has 0 bridgehead atoms. The molecule has 0 radical (unpaired) electrons. The molecule has 0 saturated carbocycles. The van der Waals surface area contributed by atoms with Crippen molar-refractivity contribution in [1.82, 2.24) is 25.5 Å². The van der Waals surface area contributed by atoms with Gasteiger partial charge in [-0.3, -0.25) is 4.79 Å². The topological polar surface area (TPSA) is 72.7 Å². The average Bonchev–Trinajstić information content (AvgIpc) is 2.87. The van der Waals surface area contributed by atoms with Crippen LogP contribution in [0.15, 0.2) is 30.3 Å². The zero-order chi connectivity index (χ0) is 14.6. The van der Waals surface area contributed by atoms with E-state index in [1.807, 2.05) is 30.3 Å². The van der Waals surface area contributed by atoms with Crippen molar-refractivity contribution < 1.29 is 9.18 Å². The summed E-state index contributed by atoms with van der Waals surface area (Å²) in [5.74, 6) is 0.163. The summed E-state index contributed by atoms with van der Waals surface area (Å²) in [7, 11) is 0. The number of carbonyl (C=O) groups excluding carboxylic acids is 1. The Bertz CT molecular complexity index is 581. The van der Waals surface area contributed by atoms with Gasteiger partial charge >= 0.3 is 0 Å². The molecule has 1 amide bonds. The van der Waals surface area contributed by atoms with Crippen LogP contribution in [0.5, 0.6) is 0 Å². The fraction of sp³-hybridized carbons (Fsp3) is 0.385. The Hall–Kier alpha value is -2.31. The van der Waals surface area contributed by atoms with Crippen molar-refractivity contribution in [2.75, 3.05) is 6.67 Å². The molecular weight excluding hydrogens is 261 g/mol. The highest BCUT2D eigenvalue weighted by atomic mass is 19.1. The smallest absolute Gasteiger partial charge is 0.242 e. The van der Waals surface area contributed by atoms with Crippen LogP contribution in [0.25, 0.3) is 11.4 Å². The molecule has 0 aliphatic heterocycles. The second-order valence-electron chi connectivity index (χ2n) is 5.09. The number of nitrogens with one attached hydrogen (secondary N) is 1. The highest BCUT2D eigenvalue weighted by molar-refractivity contribution is 5.77. The number of rotatable bonds is 5.